The molecule has 0 N–H and O–H groups in total. The minimum Gasteiger partial charge on any atom is -0.277 e. The van der Waals surface area contributed by atoms with Crippen LogP contribution in [-0.4, -0.2) is 33.1 Å². The number of nitrogens with zero attached hydrogens (tertiary/aromatic N) is 3. The Morgan fingerprint density at radius 2 is 0.603 bits per heavy atom. The Bertz CT molecular complexity index is 4110. The molecule has 0 spiro atoms. The summed E-state index contributed by atoms with van der Waals surface area (Å²) in [6.45, 7) is 35.1. The molecule has 0 radical (unpaired) electrons. The number of hydrogen-bond acceptors (Lipinski definition) is 4. The molecule has 0 saturated heterocycles. The van der Waals surface area contributed by atoms with E-state index >= 15 is 4.79 Å². The minimum absolute atomic E-state index is 0.000371. The summed E-state index contributed by atoms with van der Waals surface area (Å²) in [4.78, 5) is 50.6. The van der Waals surface area contributed by atoms with Crippen LogP contribution in [0.1, 0.15) is 110 Å². The van der Waals surface area contributed by atoms with Crippen molar-refractivity contribution in [1.82, 2.24) is 14.3 Å². The van der Waals surface area contributed by atoms with E-state index in [1.807, 2.05) is 4.40 Å². The van der Waals surface area contributed by atoms with Gasteiger partial charge in [0.15, 0.2) is 0 Å². The smallest absolute Gasteiger partial charge is 0.265 e. The minimum atomic E-state index is -0.233. The average Bonchev–Trinajstić information content (AvgIpc) is 3.66. The molecule has 6 heteroatoms. The maximum Gasteiger partial charge on any atom is 0.265 e. The molecular formula is C57H51N3O3. The first-order valence-electron chi connectivity index (χ1n) is 22.4. The van der Waals surface area contributed by atoms with Crippen LogP contribution in [0.5, 0.6) is 0 Å². The van der Waals surface area contributed by atoms with Gasteiger partial charge in [0, 0.05) is 23.2 Å². The molecule has 0 atom stereocenters. The normalized spacial score (nSPS) is 13.9. The highest BCUT2D eigenvalue weighted by molar-refractivity contribution is 6.48. The molecule has 2 aromatic heterocycles. The molecule has 63 heavy (non-hydrogen) atoms. The maximum absolute atomic E-state index is 15.5. The number of carbonyl (C=O) groups is 2. The van der Waals surface area contributed by atoms with E-state index in [-0.39, 0.29) is 17.4 Å². The third-order valence-corrected chi connectivity index (χ3v) is 17.6. The SMILES string of the molecule is Cc1c(C)c(C)c2c(nc3c4c(C)c(C)c5c6c(C)c(C)c7c8c(C)c(C)c9c%10c(c(C)c(C)c(c%11c(C)c(C)c(c%12c(C)c(C)c(c(=O)n32)c4c%125)c6c%117)c%108)C(=O)N(C)C9=O)c1C. The van der Waals surface area contributed by atoms with Gasteiger partial charge in [-0.05, 0) is 264 Å². The van der Waals surface area contributed by atoms with Crippen LogP contribution >= 0.6 is 0 Å². The summed E-state index contributed by atoms with van der Waals surface area (Å²) in [6.07, 6.45) is 0. The zero-order valence-corrected chi connectivity index (χ0v) is 39.6. The fraction of sp³-hybridized carbons (Fsp3) is 0.298. The number of aromatic nitrogens is 2. The van der Waals surface area contributed by atoms with Gasteiger partial charge in [0.2, 0.25) is 0 Å². The summed E-state index contributed by atoms with van der Waals surface area (Å²) in [5.74, 6) is -0.466. The van der Waals surface area contributed by atoms with Crippen molar-refractivity contribution < 1.29 is 9.59 Å². The summed E-state index contributed by atoms with van der Waals surface area (Å²) >= 11 is 0. The molecule has 0 unspecified atom stereocenters. The summed E-state index contributed by atoms with van der Waals surface area (Å²) < 4.78 is 1.94. The van der Waals surface area contributed by atoms with E-state index in [1.54, 1.807) is 7.05 Å². The number of benzene rings is 9. The Kier molecular flexibility index (Phi) is 6.93. The molecule has 0 bridgehead atoms. The topological polar surface area (TPSA) is 71.8 Å². The van der Waals surface area contributed by atoms with Crippen LogP contribution in [-0.2, 0) is 0 Å². The molecule has 6 nitrogen and oxygen atoms in total. The molecule has 2 amide bonds. The molecule has 312 valence electrons. The summed E-state index contributed by atoms with van der Waals surface area (Å²) in [6, 6.07) is 0. The van der Waals surface area contributed by atoms with Gasteiger partial charge in [-0.2, -0.15) is 0 Å². The third-order valence-electron chi connectivity index (χ3n) is 17.6. The van der Waals surface area contributed by atoms with Crippen LogP contribution in [0.25, 0.3) is 103 Å². The number of hydrogen-bond donors (Lipinski definition) is 0. The highest BCUT2D eigenvalue weighted by atomic mass is 16.2. The predicted octanol–water partition coefficient (Wildman–Crippen LogP) is 13.5. The first kappa shape index (κ1) is 38.3. The highest BCUT2D eigenvalue weighted by Crippen LogP contribution is 2.57. The van der Waals surface area contributed by atoms with Crippen molar-refractivity contribution in [2.45, 2.75) is 111 Å². The summed E-state index contributed by atoms with van der Waals surface area (Å²) in [7, 11) is 1.62. The fourth-order valence-electron chi connectivity index (χ4n) is 13.2. The van der Waals surface area contributed by atoms with Crippen LogP contribution in [0, 0.1) is 111 Å². The number of amides is 2. The van der Waals surface area contributed by atoms with Gasteiger partial charge in [0.05, 0.1) is 27.5 Å². The highest BCUT2D eigenvalue weighted by Gasteiger charge is 2.38. The van der Waals surface area contributed by atoms with Gasteiger partial charge in [0.1, 0.15) is 5.65 Å². The van der Waals surface area contributed by atoms with Gasteiger partial charge in [-0.3, -0.25) is 23.7 Å². The molecule has 0 saturated carbocycles. The fourth-order valence-corrected chi connectivity index (χ4v) is 13.2. The number of rotatable bonds is 0. The lowest BCUT2D eigenvalue weighted by Gasteiger charge is -2.33. The number of pyridine rings is 1. The van der Waals surface area contributed by atoms with Crippen molar-refractivity contribution in [3.8, 4) is 0 Å². The van der Waals surface area contributed by atoms with Gasteiger partial charge < -0.3 is 0 Å². The van der Waals surface area contributed by atoms with Crippen LogP contribution < -0.4 is 5.56 Å². The van der Waals surface area contributed by atoms with Crippen molar-refractivity contribution in [1.29, 1.82) is 0 Å². The zero-order valence-electron chi connectivity index (χ0n) is 39.6. The molecule has 0 aliphatic carbocycles. The molecule has 0 fully saturated rings. The molecule has 1 aliphatic heterocycles. The van der Waals surface area contributed by atoms with Gasteiger partial charge in [0.25, 0.3) is 17.4 Å². The number of aryl methyl sites for hydroxylation is 12. The number of fused-ring (bicyclic) bond motifs is 8. The Morgan fingerprint density at radius 3 is 1.00 bits per heavy atom. The van der Waals surface area contributed by atoms with E-state index in [1.165, 1.54) is 86.9 Å². The standard InChI is InChI=1S/C57H51N3O3/c1-18-19(2)33(16)53-52(32(18)15)58-54-42-28(11)24(7)38-34-20(3)22(5)36-40-25(8)29(12)43-51-44(56(62)59(17)55(43)61)30(13)26(9)41(49(40)51)37-23(6)21(4)35(46(34)47(36)37)39-27(10)31(14)45(50(42)48(38)39)57(63)60(53)54/h1-17H3. The summed E-state index contributed by atoms with van der Waals surface area (Å²) in [5.41, 5.74) is 21.9. The van der Waals surface area contributed by atoms with Crippen molar-refractivity contribution in [2.75, 3.05) is 7.05 Å². The monoisotopic (exact) mass is 825 g/mol. The summed E-state index contributed by atoms with van der Waals surface area (Å²) in [5, 5.41) is 18.0. The van der Waals surface area contributed by atoms with E-state index in [0.717, 1.165) is 110 Å². The Morgan fingerprint density at radius 1 is 0.302 bits per heavy atom. The molecular weight excluding hydrogens is 775 g/mol. The van der Waals surface area contributed by atoms with Gasteiger partial charge >= 0.3 is 0 Å². The lowest BCUT2D eigenvalue weighted by Crippen LogP contribution is -2.38. The lowest BCUT2D eigenvalue weighted by molar-refractivity contribution is 0.0649. The largest absolute Gasteiger partial charge is 0.277 e. The van der Waals surface area contributed by atoms with Gasteiger partial charge in [-0.25, -0.2) is 4.98 Å². The molecule has 11 aromatic rings. The van der Waals surface area contributed by atoms with E-state index in [4.69, 9.17) is 4.98 Å². The predicted molar refractivity (Wildman–Crippen MR) is 265 cm³/mol. The van der Waals surface area contributed by atoms with E-state index in [9.17, 15) is 9.59 Å². The lowest BCUT2D eigenvalue weighted by atomic mass is 9.72. The first-order valence-corrected chi connectivity index (χ1v) is 22.4. The Hall–Kier alpha value is -6.40. The van der Waals surface area contributed by atoms with Gasteiger partial charge in [-0.1, -0.05) is 0 Å². The van der Waals surface area contributed by atoms with E-state index < -0.39 is 0 Å². The quantitative estimate of drug-likeness (QED) is 0.0867. The number of imidazole rings is 1. The van der Waals surface area contributed by atoms with Crippen LogP contribution in [0.15, 0.2) is 4.79 Å². The maximum atomic E-state index is 15.5. The first-order chi connectivity index (χ1) is 29.7. The van der Waals surface area contributed by atoms with Crippen molar-refractivity contribution in [3.63, 3.8) is 0 Å². The number of carbonyl (C=O) groups excluding carboxylic acids is 2. The van der Waals surface area contributed by atoms with Crippen LogP contribution in [0.2, 0.25) is 0 Å². The Labute approximate surface area is 365 Å². The molecule has 9 aromatic carbocycles. The zero-order chi connectivity index (χ0) is 45.0. The second-order valence-corrected chi connectivity index (χ2v) is 19.7. The van der Waals surface area contributed by atoms with E-state index in [2.05, 4.69) is 111 Å². The second kappa shape index (κ2) is 11.4. The average molecular weight is 826 g/mol. The molecule has 12 rings (SSSR count). The van der Waals surface area contributed by atoms with Crippen molar-refractivity contribution >= 4 is 115 Å². The van der Waals surface area contributed by atoms with Crippen LogP contribution in [0.4, 0.5) is 0 Å². The second-order valence-electron chi connectivity index (χ2n) is 19.7. The van der Waals surface area contributed by atoms with E-state index in [0.29, 0.717) is 11.1 Å². The van der Waals surface area contributed by atoms with Crippen molar-refractivity contribution in [3.05, 3.63) is 110 Å². The van der Waals surface area contributed by atoms with Crippen LogP contribution in [0.3, 0.4) is 0 Å². The molecule has 1 aliphatic rings. The number of imide groups is 1. The third kappa shape index (κ3) is 3.78. The van der Waals surface area contributed by atoms with Gasteiger partial charge in [-0.15, -0.1) is 0 Å². The Balaban J connectivity index is 1.44. The van der Waals surface area contributed by atoms with Crippen molar-refractivity contribution in [2.24, 2.45) is 0 Å². The molecule has 3 heterocycles.